The van der Waals surface area contributed by atoms with Crippen LogP contribution in [0.25, 0.3) is 0 Å². The van der Waals surface area contributed by atoms with Crippen LogP contribution in [0.4, 0.5) is 20.2 Å². The molecule has 1 atom stereocenters. The normalized spacial score (nSPS) is 17.5. The van der Waals surface area contributed by atoms with Crippen LogP contribution in [0.2, 0.25) is 10.0 Å². The Bertz CT molecular complexity index is 1450. The number of benzene rings is 3. The van der Waals surface area contributed by atoms with Gasteiger partial charge < -0.3 is 15.5 Å². The van der Waals surface area contributed by atoms with E-state index in [1.165, 1.54) is 23.1 Å². The molecule has 1 fully saturated rings. The van der Waals surface area contributed by atoms with E-state index in [0.29, 0.717) is 42.3 Å². The van der Waals surface area contributed by atoms with Gasteiger partial charge in [-0.2, -0.15) is 0 Å². The molecule has 0 saturated carbocycles. The van der Waals surface area contributed by atoms with Crippen LogP contribution >= 0.6 is 23.2 Å². The Morgan fingerprint density at radius 3 is 2.29 bits per heavy atom. The van der Waals surface area contributed by atoms with Gasteiger partial charge in [0.1, 0.15) is 0 Å². The van der Waals surface area contributed by atoms with E-state index in [1.54, 1.807) is 29.2 Å². The number of anilines is 2. The second-order valence-electron chi connectivity index (χ2n) is 9.01. The molecule has 2 N–H and O–H groups in total. The van der Waals surface area contributed by atoms with Crippen LogP contribution in [0.5, 0.6) is 0 Å². The number of fused-ring (bicyclic) bond motifs is 1. The molecule has 7 nitrogen and oxygen atoms in total. The number of hydrogen-bond acceptors (Lipinski definition) is 4. The zero-order chi connectivity index (χ0) is 27.0. The van der Waals surface area contributed by atoms with E-state index in [4.69, 9.17) is 23.2 Å². The van der Waals surface area contributed by atoms with Crippen molar-refractivity contribution in [3.05, 3.63) is 93.0 Å². The molecule has 3 aromatic carbocycles. The van der Waals surface area contributed by atoms with E-state index in [-0.39, 0.29) is 34.3 Å². The van der Waals surface area contributed by atoms with Gasteiger partial charge in [-0.1, -0.05) is 29.3 Å². The van der Waals surface area contributed by atoms with Crippen LogP contribution in [0.3, 0.4) is 0 Å². The van der Waals surface area contributed by atoms with E-state index in [0.717, 1.165) is 12.1 Å². The van der Waals surface area contributed by atoms with Gasteiger partial charge in [-0.25, -0.2) is 8.78 Å². The van der Waals surface area contributed by atoms with Crippen molar-refractivity contribution in [3.8, 4) is 0 Å². The second kappa shape index (κ2) is 10.7. The van der Waals surface area contributed by atoms with Crippen molar-refractivity contribution >= 4 is 52.3 Å². The maximum atomic E-state index is 14.1. The maximum absolute atomic E-state index is 14.1. The highest BCUT2D eigenvalue weighted by Crippen LogP contribution is 2.42. The van der Waals surface area contributed by atoms with E-state index >= 15 is 0 Å². The van der Waals surface area contributed by atoms with Gasteiger partial charge in [-0.05, 0) is 54.1 Å². The van der Waals surface area contributed by atoms with Crippen molar-refractivity contribution in [2.45, 2.75) is 12.5 Å². The Labute approximate surface area is 227 Å². The zero-order valence-electron chi connectivity index (χ0n) is 19.9. The summed E-state index contributed by atoms with van der Waals surface area (Å²) in [7, 11) is 0. The highest BCUT2D eigenvalue weighted by atomic mass is 35.5. The minimum atomic E-state index is -1.18. The first kappa shape index (κ1) is 26.1. The first-order chi connectivity index (χ1) is 18.2. The molecule has 196 valence electrons. The van der Waals surface area contributed by atoms with Gasteiger partial charge in [0.2, 0.25) is 5.91 Å². The van der Waals surface area contributed by atoms with Crippen LogP contribution < -0.4 is 15.5 Å². The molecule has 2 heterocycles. The molecule has 0 aliphatic carbocycles. The summed E-state index contributed by atoms with van der Waals surface area (Å²) in [5.74, 6) is -3.58. The van der Waals surface area contributed by atoms with Gasteiger partial charge in [0.25, 0.3) is 11.8 Å². The fraction of sp³-hybridized carbons (Fsp3) is 0.222. The number of hydrogen-bond donors (Lipinski definition) is 2. The predicted octanol–water partition coefficient (Wildman–Crippen LogP) is 5.05. The van der Waals surface area contributed by atoms with E-state index in [9.17, 15) is 23.2 Å². The van der Waals surface area contributed by atoms with E-state index < -0.39 is 29.5 Å². The van der Waals surface area contributed by atoms with Crippen molar-refractivity contribution in [1.29, 1.82) is 0 Å². The fourth-order valence-corrected chi connectivity index (χ4v) is 5.24. The summed E-state index contributed by atoms with van der Waals surface area (Å²) in [5, 5.41) is 6.58. The summed E-state index contributed by atoms with van der Waals surface area (Å²) in [5.41, 5.74) is 1.17. The lowest BCUT2D eigenvalue weighted by Crippen LogP contribution is -2.46. The summed E-state index contributed by atoms with van der Waals surface area (Å²) < 4.78 is 27.7. The molecular formula is C27H22Cl2F2N4O3. The molecule has 1 unspecified atom stereocenters. The number of halogens is 4. The number of nitrogens with zero attached hydrogens (tertiary/aromatic N) is 2. The van der Waals surface area contributed by atoms with Crippen LogP contribution in [-0.4, -0.2) is 48.8 Å². The number of carbonyl (C=O) groups is 3. The van der Waals surface area contributed by atoms with Crippen molar-refractivity contribution in [1.82, 2.24) is 10.2 Å². The monoisotopic (exact) mass is 558 g/mol. The molecule has 38 heavy (non-hydrogen) atoms. The van der Waals surface area contributed by atoms with E-state index in [2.05, 4.69) is 10.6 Å². The smallest absolute Gasteiger partial charge is 0.259 e. The van der Waals surface area contributed by atoms with Crippen LogP contribution in [-0.2, 0) is 4.79 Å². The SMILES string of the molecule is O=C1CC(c2ccc(Cl)cc2Cl)N(C(=O)c2ccc(F)c(F)c2)c2ccc(C(=O)N3CCNCC3)cc2N1. The van der Waals surface area contributed by atoms with Gasteiger partial charge in [0.15, 0.2) is 11.6 Å². The standard InChI is InChI=1S/C27H22Cl2F2N4O3/c28-17-3-4-18(19(29)13-17)24-14-25(36)33-22-12-16(26(37)34-9-7-32-8-10-34)2-6-23(22)35(24)27(38)15-1-5-20(30)21(31)11-15/h1-6,11-13,24,32H,7-10,14H2,(H,33,36). The van der Waals surface area contributed by atoms with E-state index in [1.807, 2.05) is 0 Å². The molecule has 3 aromatic rings. The largest absolute Gasteiger partial charge is 0.336 e. The lowest BCUT2D eigenvalue weighted by molar-refractivity contribution is -0.116. The molecule has 2 aliphatic rings. The Kier molecular flexibility index (Phi) is 7.34. The van der Waals surface area contributed by atoms with Gasteiger partial charge in [0, 0.05) is 47.4 Å². The summed E-state index contributed by atoms with van der Waals surface area (Å²) in [4.78, 5) is 43.1. The highest BCUT2D eigenvalue weighted by Gasteiger charge is 2.36. The first-order valence-corrected chi connectivity index (χ1v) is 12.7. The van der Waals surface area contributed by atoms with Gasteiger partial charge in [0.05, 0.1) is 23.8 Å². The van der Waals surface area contributed by atoms with Crippen molar-refractivity contribution < 1.29 is 23.2 Å². The van der Waals surface area contributed by atoms with Crippen LogP contribution in [0.1, 0.15) is 38.7 Å². The molecule has 11 heteroatoms. The minimum Gasteiger partial charge on any atom is -0.336 e. The summed E-state index contributed by atoms with van der Waals surface area (Å²) in [6.45, 7) is 2.43. The molecule has 5 rings (SSSR count). The Hall–Kier alpha value is -3.53. The molecule has 0 bridgehead atoms. The minimum absolute atomic E-state index is 0.125. The lowest BCUT2D eigenvalue weighted by Gasteiger charge is -2.32. The van der Waals surface area contributed by atoms with Gasteiger partial charge in [-0.3, -0.25) is 19.3 Å². The number of piperazine rings is 1. The molecule has 1 saturated heterocycles. The number of rotatable bonds is 3. The third-order valence-electron chi connectivity index (χ3n) is 6.58. The summed E-state index contributed by atoms with van der Waals surface area (Å²) in [6, 6.07) is 11.3. The second-order valence-corrected chi connectivity index (χ2v) is 9.86. The van der Waals surface area contributed by atoms with Crippen molar-refractivity contribution in [2.75, 3.05) is 36.4 Å². The number of nitrogens with one attached hydrogen (secondary N) is 2. The Morgan fingerprint density at radius 1 is 0.868 bits per heavy atom. The lowest BCUT2D eigenvalue weighted by atomic mass is 9.99. The average molecular weight is 559 g/mol. The first-order valence-electron chi connectivity index (χ1n) is 11.9. The van der Waals surface area contributed by atoms with Crippen LogP contribution in [0.15, 0.2) is 54.6 Å². The Balaban J connectivity index is 1.63. The van der Waals surface area contributed by atoms with Gasteiger partial charge >= 0.3 is 0 Å². The molecule has 2 aliphatic heterocycles. The average Bonchev–Trinajstić information content (AvgIpc) is 3.05. The molecule has 3 amide bonds. The molecule has 0 aromatic heterocycles. The fourth-order valence-electron chi connectivity index (χ4n) is 4.71. The van der Waals surface area contributed by atoms with Crippen molar-refractivity contribution in [3.63, 3.8) is 0 Å². The zero-order valence-corrected chi connectivity index (χ0v) is 21.5. The quantitative estimate of drug-likeness (QED) is 0.471. The highest BCUT2D eigenvalue weighted by molar-refractivity contribution is 6.35. The number of carbonyl (C=O) groups excluding carboxylic acids is 3. The topological polar surface area (TPSA) is 81.8 Å². The summed E-state index contributed by atoms with van der Waals surface area (Å²) in [6.07, 6.45) is -0.188. The molecule has 0 radical (unpaired) electrons. The molecule has 0 spiro atoms. The summed E-state index contributed by atoms with van der Waals surface area (Å²) >= 11 is 12.6. The third kappa shape index (κ3) is 5.09. The van der Waals surface area contributed by atoms with Crippen LogP contribution in [0, 0.1) is 11.6 Å². The Morgan fingerprint density at radius 2 is 1.58 bits per heavy atom. The molecular weight excluding hydrogens is 537 g/mol. The van der Waals surface area contributed by atoms with Gasteiger partial charge in [-0.15, -0.1) is 0 Å². The number of amides is 3. The van der Waals surface area contributed by atoms with Crippen molar-refractivity contribution in [2.24, 2.45) is 0 Å². The third-order valence-corrected chi connectivity index (χ3v) is 7.14. The predicted molar refractivity (Wildman–Crippen MR) is 141 cm³/mol. The maximum Gasteiger partial charge on any atom is 0.259 e.